The molecule has 0 amide bonds. The molecule has 168 valence electrons. The maximum Gasteiger partial charge on any atom is 0.573 e. The van der Waals surface area contributed by atoms with Crippen molar-refractivity contribution in [2.75, 3.05) is 0 Å². The number of fused-ring (bicyclic) bond motifs is 1. The molecule has 1 atom stereocenters. The largest absolute Gasteiger partial charge is 0.573 e. The quantitative estimate of drug-likeness (QED) is 0.431. The summed E-state index contributed by atoms with van der Waals surface area (Å²) in [5.41, 5.74) is -0.774. The Morgan fingerprint density at radius 1 is 1.06 bits per heavy atom. The summed E-state index contributed by atoms with van der Waals surface area (Å²) < 4.78 is 43.1. The number of pyridine rings is 2. The molecule has 0 fully saturated rings. The highest BCUT2D eigenvalue weighted by Crippen LogP contribution is 2.31. The van der Waals surface area contributed by atoms with Crippen LogP contribution in [0.15, 0.2) is 77.7 Å². The van der Waals surface area contributed by atoms with Crippen molar-refractivity contribution in [1.29, 1.82) is 0 Å². The number of aromatic nitrogens is 2. The van der Waals surface area contributed by atoms with E-state index < -0.39 is 40.7 Å². The van der Waals surface area contributed by atoms with Crippen molar-refractivity contribution in [3.63, 3.8) is 0 Å². The second-order valence-corrected chi connectivity index (χ2v) is 7.28. The van der Waals surface area contributed by atoms with Gasteiger partial charge in [0.05, 0.1) is 11.1 Å². The Morgan fingerprint density at radius 2 is 1.79 bits per heavy atom. The average Bonchev–Trinajstić information content (AvgIpc) is 2.78. The lowest BCUT2D eigenvalue weighted by Crippen LogP contribution is -2.28. The summed E-state index contributed by atoms with van der Waals surface area (Å²) >= 11 is 0. The molecule has 0 bridgehead atoms. The molecule has 33 heavy (non-hydrogen) atoms. The van der Waals surface area contributed by atoms with E-state index >= 15 is 0 Å². The van der Waals surface area contributed by atoms with E-state index in [1.165, 1.54) is 30.5 Å². The van der Waals surface area contributed by atoms with E-state index in [-0.39, 0.29) is 16.7 Å². The molecule has 2 aromatic carbocycles. The van der Waals surface area contributed by atoms with Crippen LogP contribution in [0.4, 0.5) is 13.2 Å². The van der Waals surface area contributed by atoms with Crippen LogP contribution >= 0.6 is 0 Å². The Labute approximate surface area is 185 Å². The third-order valence-electron chi connectivity index (χ3n) is 5.16. The van der Waals surface area contributed by atoms with Crippen molar-refractivity contribution in [3.05, 3.63) is 94.4 Å². The second kappa shape index (κ2) is 8.42. The standard InChI is InChI=1S/C24H17F3N2O4/c1-14(15-7-3-2-4-8-15)20(30)19-21(31)18-11-6-12-28-22(18)29(23(19)32)16-9-5-10-17(13-16)33-24(25,26)27/h2-14,31H,1H3. The van der Waals surface area contributed by atoms with Crippen LogP contribution in [0.25, 0.3) is 16.7 Å². The maximum atomic E-state index is 13.5. The SMILES string of the molecule is CC(C(=O)c1c(O)c2cccnc2n(-c2cccc(OC(F)(F)F)c2)c1=O)c1ccccc1. The number of alkyl halides is 3. The van der Waals surface area contributed by atoms with Crippen LogP contribution in [-0.4, -0.2) is 26.8 Å². The molecule has 2 aromatic heterocycles. The molecule has 0 aliphatic rings. The minimum atomic E-state index is -4.93. The van der Waals surface area contributed by atoms with Crippen molar-refractivity contribution >= 4 is 16.8 Å². The number of Topliss-reactive ketones (excluding diaryl/α,β-unsaturated/α-hetero) is 1. The topological polar surface area (TPSA) is 81.4 Å². The predicted molar refractivity (Wildman–Crippen MR) is 115 cm³/mol. The van der Waals surface area contributed by atoms with Gasteiger partial charge in [-0.3, -0.25) is 14.2 Å². The Balaban J connectivity index is 1.94. The Morgan fingerprint density at radius 3 is 2.48 bits per heavy atom. The zero-order valence-corrected chi connectivity index (χ0v) is 17.2. The van der Waals surface area contributed by atoms with E-state index in [0.717, 1.165) is 16.7 Å². The van der Waals surface area contributed by atoms with Gasteiger partial charge >= 0.3 is 6.36 Å². The number of nitrogens with zero attached hydrogens (tertiary/aromatic N) is 2. The highest BCUT2D eigenvalue weighted by atomic mass is 19.4. The lowest BCUT2D eigenvalue weighted by molar-refractivity contribution is -0.274. The van der Waals surface area contributed by atoms with Gasteiger partial charge in [-0.2, -0.15) is 0 Å². The van der Waals surface area contributed by atoms with E-state index in [4.69, 9.17) is 0 Å². The smallest absolute Gasteiger partial charge is 0.506 e. The Kier molecular flexibility index (Phi) is 5.63. The first kappa shape index (κ1) is 22.1. The van der Waals surface area contributed by atoms with Crippen LogP contribution in [-0.2, 0) is 0 Å². The van der Waals surface area contributed by atoms with Gasteiger partial charge in [-0.25, -0.2) is 4.98 Å². The van der Waals surface area contributed by atoms with Crippen LogP contribution in [0.2, 0.25) is 0 Å². The van der Waals surface area contributed by atoms with E-state index in [9.17, 15) is 27.9 Å². The molecule has 2 heterocycles. The van der Waals surface area contributed by atoms with Gasteiger partial charge in [0, 0.05) is 18.2 Å². The number of hydrogen-bond acceptors (Lipinski definition) is 5. The Bertz CT molecular complexity index is 1400. The van der Waals surface area contributed by atoms with Gasteiger partial charge in [-0.15, -0.1) is 13.2 Å². The summed E-state index contributed by atoms with van der Waals surface area (Å²) in [6.07, 6.45) is -3.56. The van der Waals surface area contributed by atoms with Gasteiger partial charge < -0.3 is 9.84 Å². The highest BCUT2D eigenvalue weighted by molar-refractivity contribution is 6.06. The fourth-order valence-electron chi connectivity index (χ4n) is 3.59. The molecule has 0 radical (unpaired) electrons. The van der Waals surface area contributed by atoms with Crippen LogP contribution in [0.3, 0.4) is 0 Å². The van der Waals surface area contributed by atoms with Gasteiger partial charge in [-0.05, 0) is 29.8 Å². The summed E-state index contributed by atoms with van der Waals surface area (Å²) in [5, 5.41) is 10.9. The number of hydrogen-bond donors (Lipinski definition) is 1. The van der Waals surface area contributed by atoms with Crippen molar-refractivity contribution in [3.8, 4) is 17.2 Å². The molecule has 6 nitrogen and oxygen atoms in total. The third-order valence-corrected chi connectivity index (χ3v) is 5.16. The van der Waals surface area contributed by atoms with E-state index in [1.807, 2.05) is 0 Å². The number of carbonyl (C=O) groups is 1. The maximum absolute atomic E-state index is 13.5. The molecule has 1 N–H and O–H groups in total. The van der Waals surface area contributed by atoms with E-state index in [0.29, 0.717) is 5.56 Å². The highest BCUT2D eigenvalue weighted by Gasteiger charge is 2.32. The number of ether oxygens (including phenoxy) is 1. The third kappa shape index (κ3) is 4.30. The first-order valence-corrected chi connectivity index (χ1v) is 9.85. The minimum absolute atomic E-state index is 0.00753. The van der Waals surface area contributed by atoms with Crippen molar-refractivity contribution in [2.45, 2.75) is 19.2 Å². The molecule has 9 heteroatoms. The van der Waals surface area contributed by atoms with Gasteiger partial charge in [-0.1, -0.05) is 43.3 Å². The van der Waals surface area contributed by atoms with Crippen molar-refractivity contribution in [2.24, 2.45) is 0 Å². The molecule has 0 aliphatic heterocycles. The monoisotopic (exact) mass is 454 g/mol. The lowest BCUT2D eigenvalue weighted by Gasteiger charge is -2.17. The van der Waals surface area contributed by atoms with Gasteiger partial charge in [0.1, 0.15) is 17.1 Å². The first-order chi connectivity index (χ1) is 15.7. The molecule has 0 aliphatic carbocycles. The number of halogens is 3. The molecule has 4 rings (SSSR count). The molecule has 4 aromatic rings. The summed E-state index contributed by atoms with van der Waals surface area (Å²) in [6, 6.07) is 16.4. The summed E-state index contributed by atoms with van der Waals surface area (Å²) in [4.78, 5) is 30.9. The minimum Gasteiger partial charge on any atom is -0.506 e. The number of aromatic hydroxyl groups is 1. The van der Waals surface area contributed by atoms with Crippen molar-refractivity contribution < 1.29 is 27.8 Å². The fourth-order valence-corrected chi connectivity index (χ4v) is 3.59. The number of benzene rings is 2. The number of ketones is 1. The normalized spacial score (nSPS) is 12.5. The van der Waals surface area contributed by atoms with Crippen LogP contribution < -0.4 is 10.3 Å². The first-order valence-electron chi connectivity index (χ1n) is 9.85. The molecule has 0 saturated heterocycles. The molecule has 0 saturated carbocycles. The summed E-state index contributed by atoms with van der Waals surface area (Å²) in [6.45, 7) is 1.60. The summed E-state index contributed by atoms with van der Waals surface area (Å²) in [5.74, 6) is -2.47. The molecular weight excluding hydrogens is 437 g/mol. The van der Waals surface area contributed by atoms with Crippen LogP contribution in [0, 0.1) is 0 Å². The molecular formula is C24H17F3N2O4. The fraction of sp³-hybridized carbons (Fsp3) is 0.125. The summed E-state index contributed by atoms with van der Waals surface area (Å²) in [7, 11) is 0. The number of rotatable bonds is 5. The zero-order chi connectivity index (χ0) is 23.8. The predicted octanol–water partition coefficient (Wildman–Crippen LogP) is 4.98. The Hall–Kier alpha value is -4.14. The molecule has 0 spiro atoms. The second-order valence-electron chi connectivity index (χ2n) is 7.28. The lowest BCUT2D eigenvalue weighted by atomic mass is 9.92. The average molecular weight is 454 g/mol. The van der Waals surface area contributed by atoms with Gasteiger partial charge in [0.2, 0.25) is 0 Å². The van der Waals surface area contributed by atoms with E-state index in [1.54, 1.807) is 37.3 Å². The van der Waals surface area contributed by atoms with Crippen molar-refractivity contribution in [1.82, 2.24) is 9.55 Å². The van der Waals surface area contributed by atoms with E-state index in [2.05, 4.69) is 9.72 Å². The van der Waals surface area contributed by atoms with Gasteiger partial charge in [0.15, 0.2) is 11.4 Å². The zero-order valence-electron chi connectivity index (χ0n) is 17.2. The van der Waals surface area contributed by atoms with Crippen LogP contribution in [0.1, 0.15) is 28.8 Å². The van der Waals surface area contributed by atoms with Gasteiger partial charge in [0.25, 0.3) is 5.56 Å². The molecule has 1 unspecified atom stereocenters. The number of carbonyl (C=O) groups excluding carboxylic acids is 1. The van der Waals surface area contributed by atoms with Crippen LogP contribution in [0.5, 0.6) is 11.5 Å².